The van der Waals surface area contributed by atoms with Crippen LogP contribution in [0.5, 0.6) is 5.75 Å². The normalized spacial score (nSPS) is 19.2. The Labute approximate surface area is 119 Å². The number of rotatable bonds is 3. The van der Waals surface area contributed by atoms with Crippen molar-refractivity contribution >= 4 is 0 Å². The number of aliphatic hydroxyl groups is 1. The predicted octanol–water partition coefficient (Wildman–Crippen LogP) is 2.62. The lowest BCUT2D eigenvalue weighted by Crippen LogP contribution is -2.34. The Hall–Kier alpha value is -1.84. The number of ether oxygens (including phenoxy) is 1. The third-order valence-corrected chi connectivity index (χ3v) is 3.92. The standard InChI is InChI=1S/C17H19NO2/c1-20-15-9-5-4-8-14(15)17(19)16-13-7-3-2-6-12(13)10-11-18-16/h2-9,16-19H,10-11H2,1H3. The highest BCUT2D eigenvalue weighted by molar-refractivity contribution is 5.40. The van der Waals surface area contributed by atoms with Crippen molar-refractivity contribution in [2.75, 3.05) is 13.7 Å². The van der Waals surface area contributed by atoms with E-state index >= 15 is 0 Å². The second kappa shape index (κ2) is 5.65. The Bertz CT molecular complexity index is 597. The van der Waals surface area contributed by atoms with E-state index in [1.807, 2.05) is 30.3 Å². The minimum Gasteiger partial charge on any atom is -0.496 e. The third kappa shape index (κ3) is 2.30. The second-order valence-corrected chi connectivity index (χ2v) is 5.07. The molecule has 3 heteroatoms. The molecule has 20 heavy (non-hydrogen) atoms. The molecule has 2 atom stereocenters. The van der Waals surface area contributed by atoms with Gasteiger partial charge in [-0.05, 0) is 30.2 Å². The Morgan fingerprint density at radius 3 is 2.75 bits per heavy atom. The molecular formula is C17H19NO2. The van der Waals surface area contributed by atoms with Gasteiger partial charge in [0.05, 0.1) is 13.2 Å². The molecule has 0 aliphatic carbocycles. The van der Waals surface area contributed by atoms with Gasteiger partial charge in [-0.15, -0.1) is 0 Å². The van der Waals surface area contributed by atoms with Gasteiger partial charge in [0, 0.05) is 5.56 Å². The molecule has 3 rings (SSSR count). The summed E-state index contributed by atoms with van der Waals surface area (Å²) < 4.78 is 5.36. The zero-order valence-electron chi connectivity index (χ0n) is 11.5. The van der Waals surface area contributed by atoms with Gasteiger partial charge in [-0.3, -0.25) is 0 Å². The summed E-state index contributed by atoms with van der Waals surface area (Å²) in [6.07, 6.45) is 0.387. The van der Waals surface area contributed by atoms with E-state index in [0.717, 1.165) is 24.3 Å². The zero-order valence-corrected chi connectivity index (χ0v) is 11.5. The summed E-state index contributed by atoms with van der Waals surface area (Å²) in [5.74, 6) is 0.727. The quantitative estimate of drug-likeness (QED) is 0.900. The van der Waals surface area contributed by atoms with E-state index in [0.29, 0.717) is 0 Å². The molecule has 0 fully saturated rings. The van der Waals surface area contributed by atoms with Crippen LogP contribution < -0.4 is 10.1 Å². The van der Waals surface area contributed by atoms with Crippen molar-refractivity contribution in [2.24, 2.45) is 0 Å². The SMILES string of the molecule is COc1ccccc1C(O)C1NCCc2ccccc21. The molecule has 0 aromatic heterocycles. The lowest BCUT2D eigenvalue weighted by atomic mass is 9.88. The van der Waals surface area contributed by atoms with Crippen LogP contribution in [0.3, 0.4) is 0 Å². The number of nitrogens with one attached hydrogen (secondary N) is 1. The van der Waals surface area contributed by atoms with E-state index < -0.39 is 6.10 Å². The Balaban J connectivity index is 1.97. The largest absolute Gasteiger partial charge is 0.496 e. The van der Waals surface area contributed by atoms with Gasteiger partial charge >= 0.3 is 0 Å². The van der Waals surface area contributed by atoms with Crippen LogP contribution in [0.15, 0.2) is 48.5 Å². The fourth-order valence-electron chi connectivity index (χ4n) is 2.91. The molecule has 0 amide bonds. The molecule has 0 saturated heterocycles. The zero-order chi connectivity index (χ0) is 13.9. The summed E-state index contributed by atoms with van der Waals surface area (Å²) in [5.41, 5.74) is 3.31. The van der Waals surface area contributed by atoms with Gasteiger partial charge in [0.15, 0.2) is 0 Å². The van der Waals surface area contributed by atoms with E-state index in [9.17, 15) is 5.11 Å². The van der Waals surface area contributed by atoms with Gasteiger partial charge < -0.3 is 15.2 Å². The van der Waals surface area contributed by atoms with Crippen LogP contribution in [0.1, 0.15) is 28.8 Å². The lowest BCUT2D eigenvalue weighted by molar-refractivity contribution is 0.122. The molecule has 1 aliphatic heterocycles. The fraction of sp³-hybridized carbons (Fsp3) is 0.294. The molecule has 2 N–H and O–H groups in total. The Morgan fingerprint density at radius 1 is 1.15 bits per heavy atom. The number of aliphatic hydroxyl groups excluding tert-OH is 1. The molecule has 2 unspecified atom stereocenters. The number of para-hydroxylation sites is 1. The predicted molar refractivity (Wildman–Crippen MR) is 78.8 cm³/mol. The van der Waals surface area contributed by atoms with Crippen LogP contribution in [0.2, 0.25) is 0 Å². The molecule has 0 spiro atoms. The van der Waals surface area contributed by atoms with Gasteiger partial charge in [-0.1, -0.05) is 42.5 Å². The third-order valence-electron chi connectivity index (χ3n) is 3.92. The smallest absolute Gasteiger partial charge is 0.124 e. The maximum Gasteiger partial charge on any atom is 0.124 e. The summed E-state index contributed by atoms with van der Waals surface area (Å²) in [4.78, 5) is 0. The molecule has 0 saturated carbocycles. The molecule has 2 aromatic carbocycles. The van der Waals surface area contributed by atoms with Crippen molar-refractivity contribution in [3.63, 3.8) is 0 Å². The van der Waals surface area contributed by atoms with Crippen LogP contribution in [-0.4, -0.2) is 18.8 Å². The molecule has 1 aliphatic rings. The first-order chi connectivity index (χ1) is 9.81. The van der Waals surface area contributed by atoms with Gasteiger partial charge in [-0.25, -0.2) is 0 Å². The summed E-state index contributed by atoms with van der Waals surface area (Å²) in [7, 11) is 1.63. The fourth-order valence-corrected chi connectivity index (χ4v) is 2.91. The Morgan fingerprint density at radius 2 is 1.90 bits per heavy atom. The number of fused-ring (bicyclic) bond motifs is 1. The van der Waals surface area contributed by atoms with Crippen LogP contribution in [0.4, 0.5) is 0 Å². The van der Waals surface area contributed by atoms with E-state index in [1.54, 1.807) is 7.11 Å². The van der Waals surface area contributed by atoms with Crippen molar-refractivity contribution < 1.29 is 9.84 Å². The lowest BCUT2D eigenvalue weighted by Gasteiger charge is -2.31. The van der Waals surface area contributed by atoms with E-state index in [4.69, 9.17) is 4.74 Å². The maximum absolute atomic E-state index is 10.8. The number of hydrogen-bond acceptors (Lipinski definition) is 3. The van der Waals surface area contributed by atoms with Crippen molar-refractivity contribution in [3.05, 3.63) is 65.2 Å². The van der Waals surface area contributed by atoms with Crippen molar-refractivity contribution in [2.45, 2.75) is 18.6 Å². The highest BCUT2D eigenvalue weighted by atomic mass is 16.5. The Kier molecular flexibility index (Phi) is 3.72. The summed E-state index contributed by atoms with van der Waals surface area (Å²) in [6.45, 7) is 0.883. The number of methoxy groups -OCH3 is 1. The van der Waals surface area contributed by atoms with Crippen LogP contribution >= 0.6 is 0 Å². The number of benzene rings is 2. The second-order valence-electron chi connectivity index (χ2n) is 5.07. The highest BCUT2D eigenvalue weighted by Crippen LogP contribution is 2.36. The van der Waals surface area contributed by atoms with E-state index in [-0.39, 0.29) is 6.04 Å². The van der Waals surface area contributed by atoms with Gasteiger partial charge in [0.2, 0.25) is 0 Å². The van der Waals surface area contributed by atoms with E-state index in [1.165, 1.54) is 11.1 Å². The molecule has 0 bridgehead atoms. The summed E-state index contributed by atoms with van der Waals surface area (Å²) in [5, 5.41) is 14.2. The van der Waals surface area contributed by atoms with Crippen LogP contribution in [0.25, 0.3) is 0 Å². The van der Waals surface area contributed by atoms with Gasteiger partial charge in [0.25, 0.3) is 0 Å². The molecule has 3 nitrogen and oxygen atoms in total. The minimum absolute atomic E-state index is 0.0868. The molecule has 0 radical (unpaired) electrons. The number of hydrogen-bond donors (Lipinski definition) is 2. The maximum atomic E-state index is 10.8. The molecule has 104 valence electrons. The van der Waals surface area contributed by atoms with Gasteiger partial charge in [-0.2, -0.15) is 0 Å². The monoisotopic (exact) mass is 269 g/mol. The van der Waals surface area contributed by atoms with Crippen molar-refractivity contribution in [1.29, 1.82) is 0 Å². The molecular weight excluding hydrogens is 250 g/mol. The molecule has 1 heterocycles. The minimum atomic E-state index is -0.618. The first-order valence-corrected chi connectivity index (χ1v) is 6.93. The van der Waals surface area contributed by atoms with Crippen LogP contribution in [-0.2, 0) is 6.42 Å². The van der Waals surface area contributed by atoms with Crippen LogP contribution in [0, 0.1) is 0 Å². The van der Waals surface area contributed by atoms with Crippen molar-refractivity contribution in [1.82, 2.24) is 5.32 Å². The van der Waals surface area contributed by atoms with E-state index in [2.05, 4.69) is 23.5 Å². The first kappa shape index (κ1) is 13.2. The topological polar surface area (TPSA) is 41.5 Å². The van der Waals surface area contributed by atoms with Crippen molar-refractivity contribution in [3.8, 4) is 5.75 Å². The highest BCUT2D eigenvalue weighted by Gasteiger charge is 2.28. The average Bonchev–Trinajstić information content (AvgIpc) is 2.53. The first-order valence-electron chi connectivity index (χ1n) is 6.93. The van der Waals surface area contributed by atoms with Gasteiger partial charge in [0.1, 0.15) is 11.9 Å². The average molecular weight is 269 g/mol. The summed E-state index contributed by atoms with van der Waals surface area (Å²) >= 11 is 0. The summed E-state index contributed by atoms with van der Waals surface area (Å²) in [6, 6.07) is 15.9. The molecule has 2 aromatic rings.